The molecule has 0 aliphatic carbocycles. The van der Waals surface area contributed by atoms with E-state index in [-0.39, 0.29) is 11.9 Å². The molecule has 0 bridgehead atoms. The zero-order valence-electron chi connectivity index (χ0n) is 19.4. The second-order valence-electron chi connectivity index (χ2n) is 9.20. The summed E-state index contributed by atoms with van der Waals surface area (Å²) in [4.78, 5) is 17.0. The molecule has 2 fully saturated rings. The fraction of sp³-hybridized carbons (Fsp3) is 0.480. The van der Waals surface area contributed by atoms with Crippen molar-refractivity contribution in [2.75, 3.05) is 41.6 Å². The Morgan fingerprint density at radius 2 is 1.56 bits per heavy atom. The minimum atomic E-state index is -3.79. The van der Waals surface area contributed by atoms with Crippen molar-refractivity contribution in [1.29, 1.82) is 0 Å². The van der Waals surface area contributed by atoms with Crippen molar-refractivity contribution in [3.63, 3.8) is 0 Å². The molecule has 2 aliphatic rings. The lowest BCUT2D eigenvalue weighted by Gasteiger charge is -2.32. The summed E-state index contributed by atoms with van der Waals surface area (Å²) in [6.07, 6.45) is 5.11. The van der Waals surface area contributed by atoms with Crippen LogP contribution in [-0.4, -0.2) is 57.2 Å². The summed E-state index contributed by atoms with van der Waals surface area (Å²) < 4.78 is 40.6. The maximum atomic E-state index is 13.1. The Morgan fingerprint density at radius 1 is 0.912 bits per heavy atom. The van der Waals surface area contributed by atoms with Gasteiger partial charge >= 0.3 is 0 Å². The zero-order chi connectivity index (χ0) is 24.0. The van der Waals surface area contributed by atoms with Crippen LogP contribution in [0.2, 0.25) is 0 Å². The highest BCUT2D eigenvalue weighted by atomic mass is 32.2. The summed E-state index contributed by atoms with van der Waals surface area (Å²) in [5, 5.41) is 2.86. The highest BCUT2D eigenvalue weighted by molar-refractivity contribution is 7.93. The molecule has 0 unspecified atom stereocenters. The first-order chi connectivity index (χ1) is 16.4. The molecule has 9 heteroatoms. The summed E-state index contributed by atoms with van der Waals surface area (Å²) in [7, 11) is -3.79. The van der Waals surface area contributed by atoms with Crippen molar-refractivity contribution in [2.24, 2.45) is 0 Å². The second kappa shape index (κ2) is 11.2. The third-order valence-corrected chi connectivity index (χ3v) is 7.64. The Bertz CT molecular complexity index is 1050. The van der Waals surface area contributed by atoms with Gasteiger partial charge in [0.2, 0.25) is 15.9 Å². The molecule has 0 aromatic heterocycles. The number of likely N-dealkylation sites (tertiary alicyclic amines) is 1. The Balaban J connectivity index is 1.20. The molecule has 2 saturated heterocycles. The monoisotopic (exact) mass is 488 g/mol. The first-order valence-corrected chi connectivity index (χ1v) is 13.6. The molecule has 1 amide bonds. The van der Waals surface area contributed by atoms with E-state index in [1.807, 2.05) is 12.1 Å². The van der Waals surface area contributed by atoms with E-state index >= 15 is 0 Å². The number of piperidine rings is 2. The van der Waals surface area contributed by atoms with E-state index in [1.54, 1.807) is 24.3 Å². The molecule has 34 heavy (non-hydrogen) atoms. The highest BCUT2D eigenvalue weighted by Crippen LogP contribution is 2.22. The smallest absolute Gasteiger partial charge is 0.241 e. The first-order valence-electron chi connectivity index (χ1n) is 12.0. The number of hydrogen-bond donors (Lipinski definition) is 2. The van der Waals surface area contributed by atoms with Gasteiger partial charge in [0.1, 0.15) is 11.6 Å². The summed E-state index contributed by atoms with van der Waals surface area (Å²) in [5.74, 6) is -1.34. The molecule has 0 spiro atoms. The number of carbonyl (C=O) groups is 1. The van der Waals surface area contributed by atoms with Crippen molar-refractivity contribution in [2.45, 2.75) is 44.7 Å². The zero-order valence-corrected chi connectivity index (χ0v) is 20.2. The van der Waals surface area contributed by atoms with Crippen molar-refractivity contribution < 1.29 is 17.6 Å². The minimum Gasteiger partial charge on any atom is -0.372 e. The van der Waals surface area contributed by atoms with Crippen LogP contribution < -0.4 is 14.9 Å². The Kier molecular flexibility index (Phi) is 8.05. The van der Waals surface area contributed by atoms with Crippen LogP contribution in [0.1, 0.15) is 37.7 Å². The summed E-state index contributed by atoms with van der Waals surface area (Å²) in [5.41, 5.74) is 2.60. The quantitative estimate of drug-likeness (QED) is 0.596. The molecule has 184 valence electrons. The number of nitrogens with one attached hydrogen (secondary N) is 2. The number of nitrogens with zero attached hydrogens (tertiary/aromatic N) is 2. The molecule has 4 rings (SSSR count). The van der Waals surface area contributed by atoms with Crippen molar-refractivity contribution in [3.05, 3.63) is 59.9 Å². The van der Waals surface area contributed by atoms with Crippen LogP contribution in [0.5, 0.6) is 0 Å². The van der Waals surface area contributed by atoms with Gasteiger partial charge in [-0.1, -0.05) is 12.1 Å². The van der Waals surface area contributed by atoms with Gasteiger partial charge in [-0.25, -0.2) is 12.8 Å². The molecule has 0 atom stereocenters. The van der Waals surface area contributed by atoms with Crippen LogP contribution in [0.3, 0.4) is 0 Å². The molecule has 2 aromatic carbocycles. The maximum Gasteiger partial charge on any atom is 0.241 e. The normalized spacial score (nSPS) is 18.0. The van der Waals surface area contributed by atoms with E-state index < -0.39 is 21.7 Å². The van der Waals surface area contributed by atoms with Gasteiger partial charge in [0.15, 0.2) is 0 Å². The van der Waals surface area contributed by atoms with Crippen molar-refractivity contribution in [3.8, 4) is 0 Å². The van der Waals surface area contributed by atoms with Gasteiger partial charge in [-0.05, 0) is 74.1 Å². The van der Waals surface area contributed by atoms with Crippen molar-refractivity contribution in [1.82, 2.24) is 10.2 Å². The van der Waals surface area contributed by atoms with Crippen LogP contribution in [0.4, 0.5) is 15.8 Å². The predicted molar refractivity (Wildman–Crippen MR) is 133 cm³/mol. The number of rotatable bonds is 8. The third kappa shape index (κ3) is 7.17. The molecule has 2 aromatic rings. The van der Waals surface area contributed by atoms with Gasteiger partial charge in [0, 0.05) is 50.1 Å². The number of carbonyl (C=O) groups excluding carboxylic acids is 1. The molecule has 2 heterocycles. The Labute approximate surface area is 201 Å². The highest BCUT2D eigenvalue weighted by Gasteiger charge is 2.23. The second-order valence-corrected chi connectivity index (χ2v) is 10.9. The van der Waals surface area contributed by atoms with Crippen LogP contribution in [0.25, 0.3) is 0 Å². The number of halogens is 1. The van der Waals surface area contributed by atoms with E-state index in [0.717, 1.165) is 56.8 Å². The average molecular weight is 489 g/mol. The van der Waals surface area contributed by atoms with Gasteiger partial charge in [-0.3, -0.25) is 14.4 Å². The van der Waals surface area contributed by atoms with E-state index in [1.165, 1.54) is 31.4 Å². The van der Waals surface area contributed by atoms with Gasteiger partial charge in [-0.15, -0.1) is 0 Å². The van der Waals surface area contributed by atoms with E-state index in [0.29, 0.717) is 5.69 Å². The third-order valence-electron chi connectivity index (χ3n) is 6.46. The fourth-order valence-corrected chi connectivity index (χ4v) is 5.63. The Hall–Kier alpha value is -2.65. The largest absolute Gasteiger partial charge is 0.372 e. The van der Waals surface area contributed by atoms with E-state index in [2.05, 4.69) is 19.8 Å². The fourth-order valence-electron chi connectivity index (χ4n) is 4.63. The van der Waals surface area contributed by atoms with Crippen molar-refractivity contribution >= 4 is 27.3 Å². The number of hydrogen-bond acceptors (Lipinski definition) is 5. The number of amides is 1. The molecule has 7 nitrogen and oxygen atoms in total. The predicted octanol–water partition coefficient (Wildman–Crippen LogP) is 3.34. The lowest BCUT2D eigenvalue weighted by Crippen LogP contribution is -2.46. The lowest BCUT2D eigenvalue weighted by molar-refractivity contribution is -0.119. The summed E-state index contributed by atoms with van der Waals surface area (Å²) in [6, 6.07) is 13.8. The number of benzene rings is 2. The molecule has 2 N–H and O–H groups in total. The van der Waals surface area contributed by atoms with Gasteiger partial charge in [0.05, 0.1) is 0 Å². The van der Waals surface area contributed by atoms with Crippen LogP contribution >= 0.6 is 0 Å². The molecule has 0 radical (unpaired) electrons. The maximum absolute atomic E-state index is 13.1. The standard InChI is InChI=1S/C25H33FN4O3S/c26-21-6-4-20(5-7-21)18-29-16-12-22(13-17-29)27-25(31)19-34(32,33)28-23-8-10-24(11-9-23)30-14-2-1-3-15-30/h4-11,22,28H,1-3,12-19H2,(H,27,31). The lowest BCUT2D eigenvalue weighted by atomic mass is 10.0. The van der Waals surface area contributed by atoms with E-state index in [9.17, 15) is 17.6 Å². The molecule has 2 aliphatic heterocycles. The summed E-state index contributed by atoms with van der Waals surface area (Å²) in [6.45, 7) is 4.36. The molecular formula is C25H33FN4O3S. The van der Waals surface area contributed by atoms with Gasteiger partial charge in [0.25, 0.3) is 0 Å². The summed E-state index contributed by atoms with van der Waals surface area (Å²) >= 11 is 0. The van der Waals surface area contributed by atoms with Gasteiger partial charge < -0.3 is 10.2 Å². The minimum absolute atomic E-state index is 0.0454. The van der Waals surface area contributed by atoms with Crippen LogP contribution in [0, 0.1) is 5.82 Å². The van der Waals surface area contributed by atoms with Gasteiger partial charge in [-0.2, -0.15) is 0 Å². The number of sulfonamides is 1. The van der Waals surface area contributed by atoms with Crippen LogP contribution in [0.15, 0.2) is 48.5 Å². The van der Waals surface area contributed by atoms with E-state index in [4.69, 9.17) is 0 Å². The van der Waals surface area contributed by atoms with Crippen LogP contribution in [-0.2, 0) is 21.4 Å². The number of anilines is 2. The first kappa shape index (κ1) is 24.5. The Morgan fingerprint density at radius 3 is 2.21 bits per heavy atom. The SMILES string of the molecule is O=C(CS(=O)(=O)Nc1ccc(N2CCCCC2)cc1)NC1CCN(Cc2ccc(F)cc2)CC1. The average Bonchev–Trinajstić information content (AvgIpc) is 2.82. The topological polar surface area (TPSA) is 81.8 Å². The molecular weight excluding hydrogens is 455 g/mol. The molecule has 0 saturated carbocycles.